The van der Waals surface area contributed by atoms with E-state index in [1.165, 1.54) is 22.0 Å². The molecule has 2 aromatic rings. The first-order valence-electron chi connectivity index (χ1n) is 6.34. The Balaban J connectivity index is 2.27. The van der Waals surface area contributed by atoms with Gasteiger partial charge in [0.2, 0.25) is 0 Å². The van der Waals surface area contributed by atoms with Gasteiger partial charge in [-0.3, -0.25) is 0 Å². The predicted octanol–water partition coefficient (Wildman–Crippen LogP) is 2.85. The molecule has 1 N–H and O–H groups in total. The molecule has 0 unspecified atom stereocenters. The van der Waals surface area contributed by atoms with E-state index in [2.05, 4.69) is 30.1 Å². The summed E-state index contributed by atoms with van der Waals surface area (Å²) in [6.07, 6.45) is 2.24. The minimum atomic E-state index is -0.499. The molecule has 18 heavy (non-hydrogen) atoms. The molecule has 94 valence electrons. The van der Waals surface area contributed by atoms with Gasteiger partial charge in [-0.1, -0.05) is 18.2 Å². The van der Waals surface area contributed by atoms with Gasteiger partial charge in [0.15, 0.2) is 0 Å². The van der Waals surface area contributed by atoms with E-state index in [1.807, 2.05) is 6.92 Å². The van der Waals surface area contributed by atoms with Gasteiger partial charge in [-0.25, -0.2) is 0 Å². The Morgan fingerprint density at radius 2 is 2.33 bits per heavy atom. The largest absolute Gasteiger partial charge is 0.368 e. The molecule has 0 amide bonds. The van der Waals surface area contributed by atoms with E-state index >= 15 is 0 Å². The second kappa shape index (κ2) is 3.95. The lowest BCUT2D eigenvalue weighted by molar-refractivity contribution is -0.116. The van der Waals surface area contributed by atoms with E-state index in [-0.39, 0.29) is 0 Å². The van der Waals surface area contributed by atoms with Crippen LogP contribution in [-0.4, -0.2) is 17.9 Å². The molecule has 0 radical (unpaired) electrons. The topological polar surface area (TPSA) is 42.1 Å². The van der Waals surface area contributed by atoms with Gasteiger partial charge in [0.05, 0.1) is 12.3 Å². The van der Waals surface area contributed by atoms with E-state index in [0.717, 1.165) is 18.4 Å². The summed E-state index contributed by atoms with van der Waals surface area (Å²) >= 11 is 0. The Labute approximate surface area is 106 Å². The van der Waals surface area contributed by atoms with Crippen molar-refractivity contribution in [3.05, 3.63) is 35.0 Å². The average Bonchev–Trinajstić information content (AvgIpc) is 2.72. The summed E-state index contributed by atoms with van der Waals surface area (Å²) in [7, 11) is 0. The molecular weight excluding hydrogens is 226 g/mol. The summed E-state index contributed by atoms with van der Waals surface area (Å²) in [4.78, 5) is 14.4. The van der Waals surface area contributed by atoms with Crippen molar-refractivity contribution < 1.29 is 9.53 Å². The second-order valence-corrected chi connectivity index (χ2v) is 5.18. The molecule has 3 nitrogen and oxygen atoms in total. The van der Waals surface area contributed by atoms with Crippen molar-refractivity contribution in [1.82, 2.24) is 4.98 Å². The molecule has 3 rings (SSSR count). The van der Waals surface area contributed by atoms with Crippen molar-refractivity contribution >= 4 is 17.2 Å². The number of nitrogens with one attached hydrogen (secondary N) is 1. The number of rotatable bonds is 2. The van der Waals surface area contributed by atoms with Gasteiger partial charge in [-0.15, -0.1) is 0 Å². The summed E-state index contributed by atoms with van der Waals surface area (Å²) in [6.45, 7) is 4.77. The molecule has 0 aliphatic carbocycles. The molecule has 1 aliphatic heterocycles. The van der Waals surface area contributed by atoms with Crippen LogP contribution in [0.4, 0.5) is 0 Å². The molecule has 1 aromatic heterocycles. The number of H-pyrrole nitrogens is 1. The van der Waals surface area contributed by atoms with Crippen LogP contribution in [0.1, 0.15) is 30.2 Å². The predicted molar refractivity (Wildman–Crippen MR) is 70.7 cm³/mol. The highest BCUT2D eigenvalue weighted by atomic mass is 16.5. The fourth-order valence-electron chi connectivity index (χ4n) is 2.90. The van der Waals surface area contributed by atoms with Crippen LogP contribution in [0.15, 0.2) is 18.2 Å². The Hall–Kier alpha value is -1.61. The Morgan fingerprint density at radius 1 is 1.50 bits per heavy atom. The number of aromatic nitrogens is 1. The van der Waals surface area contributed by atoms with Crippen LogP contribution in [0.2, 0.25) is 0 Å². The number of carbonyl (C=O) groups is 1. The molecule has 1 aromatic carbocycles. The van der Waals surface area contributed by atoms with Crippen molar-refractivity contribution in [3.63, 3.8) is 0 Å². The number of aldehydes is 1. The number of aromatic amines is 1. The molecule has 1 aliphatic rings. The summed E-state index contributed by atoms with van der Waals surface area (Å²) in [5.74, 6) is 0. The van der Waals surface area contributed by atoms with Gasteiger partial charge in [0, 0.05) is 17.3 Å². The number of para-hydroxylation sites is 1. The number of hydrogen-bond donors (Lipinski definition) is 1. The molecule has 0 saturated carbocycles. The lowest BCUT2D eigenvalue weighted by Crippen LogP contribution is -2.33. The van der Waals surface area contributed by atoms with Crippen molar-refractivity contribution in [2.75, 3.05) is 6.61 Å². The quantitative estimate of drug-likeness (QED) is 0.824. The molecule has 3 heteroatoms. The maximum Gasteiger partial charge on any atom is 0.123 e. The van der Waals surface area contributed by atoms with E-state index in [0.29, 0.717) is 13.0 Å². The number of hydrogen-bond acceptors (Lipinski definition) is 2. The monoisotopic (exact) mass is 243 g/mol. The first-order chi connectivity index (χ1) is 8.65. The summed E-state index contributed by atoms with van der Waals surface area (Å²) in [5.41, 5.74) is 4.29. The van der Waals surface area contributed by atoms with Crippen molar-refractivity contribution in [1.29, 1.82) is 0 Å². The molecule has 0 spiro atoms. The molecule has 0 saturated heterocycles. The van der Waals surface area contributed by atoms with Crippen LogP contribution in [-0.2, 0) is 21.6 Å². The Bertz CT molecular complexity index is 614. The van der Waals surface area contributed by atoms with Crippen LogP contribution >= 0.6 is 0 Å². The van der Waals surface area contributed by atoms with Gasteiger partial charge in [0.25, 0.3) is 0 Å². The van der Waals surface area contributed by atoms with E-state index in [9.17, 15) is 4.79 Å². The Morgan fingerprint density at radius 3 is 3.11 bits per heavy atom. The summed E-state index contributed by atoms with van der Waals surface area (Å²) in [5, 5.41) is 1.27. The van der Waals surface area contributed by atoms with Crippen LogP contribution in [0, 0.1) is 6.92 Å². The number of fused-ring (bicyclic) bond motifs is 3. The van der Waals surface area contributed by atoms with Crippen molar-refractivity contribution in [2.45, 2.75) is 32.3 Å². The van der Waals surface area contributed by atoms with Gasteiger partial charge in [-0.2, -0.15) is 0 Å². The van der Waals surface area contributed by atoms with Gasteiger partial charge >= 0.3 is 0 Å². The van der Waals surface area contributed by atoms with Crippen LogP contribution < -0.4 is 0 Å². The maximum atomic E-state index is 10.9. The number of aryl methyl sites for hydroxylation is 1. The highest BCUT2D eigenvalue weighted by Gasteiger charge is 2.35. The number of ether oxygens (including phenoxy) is 1. The third kappa shape index (κ3) is 1.51. The van der Waals surface area contributed by atoms with Crippen LogP contribution in [0.5, 0.6) is 0 Å². The van der Waals surface area contributed by atoms with Crippen molar-refractivity contribution in [3.8, 4) is 0 Å². The fourth-order valence-corrected chi connectivity index (χ4v) is 2.90. The highest BCUT2D eigenvalue weighted by molar-refractivity contribution is 5.88. The standard InChI is InChI=1S/C15H17NO2/c1-10-4-3-5-11-12-6-9-18-15(2,7-8-17)14(12)16-13(10)11/h3-5,8,16H,6-7,9H2,1-2H3/t15-/m1/s1. The van der Waals surface area contributed by atoms with E-state index < -0.39 is 5.60 Å². The molecular formula is C15H17NO2. The SMILES string of the molecule is Cc1cccc2c3c([nH]c12)[C@@](C)(CC=O)OCC3. The first-order valence-corrected chi connectivity index (χ1v) is 6.34. The normalized spacial score (nSPS) is 23.0. The third-order valence-electron chi connectivity index (χ3n) is 3.92. The third-order valence-corrected chi connectivity index (χ3v) is 3.92. The number of carbonyl (C=O) groups excluding carboxylic acids is 1. The van der Waals surface area contributed by atoms with Gasteiger partial charge in [0.1, 0.15) is 11.9 Å². The molecule has 2 heterocycles. The summed E-state index contributed by atoms with van der Waals surface area (Å²) < 4.78 is 5.84. The van der Waals surface area contributed by atoms with Crippen LogP contribution in [0.3, 0.4) is 0 Å². The van der Waals surface area contributed by atoms with Gasteiger partial charge in [-0.05, 0) is 31.4 Å². The van der Waals surface area contributed by atoms with Crippen LogP contribution in [0.25, 0.3) is 10.9 Å². The summed E-state index contributed by atoms with van der Waals surface area (Å²) in [6, 6.07) is 6.32. The minimum absolute atomic E-state index is 0.395. The lowest BCUT2D eigenvalue weighted by Gasteiger charge is -2.32. The molecule has 0 bridgehead atoms. The average molecular weight is 243 g/mol. The zero-order chi connectivity index (χ0) is 12.8. The number of benzene rings is 1. The van der Waals surface area contributed by atoms with Crippen molar-refractivity contribution in [2.24, 2.45) is 0 Å². The van der Waals surface area contributed by atoms with Gasteiger partial charge < -0.3 is 14.5 Å². The fraction of sp³-hybridized carbons (Fsp3) is 0.400. The van der Waals surface area contributed by atoms with E-state index in [4.69, 9.17) is 4.74 Å². The molecule has 0 fully saturated rings. The smallest absolute Gasteiger partial charge is 0.123 e. The zero-order valence-electron chi connectivity index (χ0n) is 10.7. The second-order valence-electron chi connectivity index (χ2n) is 5.18. The zero-order valence-corrected chi connectivity index (χ0v) is 10.7. The maximum absolute atomic E-state index is 10.9. The highest BCUT2D eigenvalue weighted by Crippen LogP contribution is 2.38. The van der Waals surface area contributed by atoms with E-state index in [1.54, 1.807) is 0 Å². The lowest BCUT2D eigenvalue weighted by atomic mass is 9.90. The minimum Gasteiger partial charge on any atom is -0.368 e. The molecule has 1 atom stereocenters. The Kier molecular flexibility index (Phi) is 2.52. The first kappa shape index (κ1) is 11.5.